The van der Waals surface area contributed by atoms with Crippen LogP contribution in [0.15, 0.2) is 55.0 Å². The van der Waals surface area contributed by atoms with Crippen LogP contribution in [-0.4, -0.2) is 47.1 Å². The summed E-state index contributed by atoms with van der Waals surface area (Å²) in [5.41, 5.74) is 3.37. The van der Waals surface area contributed by atoms with Crippen molar-refractivity contribution in [3.8, 4) is 11.1 Å². The lowest BCUT2D eigenvalue weighted by atomic mass is 10.0. The van der Waals surface area contributed by atoms with Gasteiger partial charge in [0.2, 0.25) is 0 Å². The second-order valence-corrected chi connectivity index (χ2v) is 6.03. The van der Waals surface area contributed by atoms with Crippen molar-refractivity contribution in [2.75, 3.05) is 31.1 Å². The Morgan fingerprint density at radius 2 is 1.80 bits per heavy atom. The first-order valence-electron chi connectivity index (χ1n) is 8.37. The van der Waals surface area contributed by atoms with E-state index in [9.17, 15) is 4.79 Å². The monoisotopic (exact) mass is 333 g/mol. The summed E-state index contributed by atoms with van der Waals surface area (Å²) >= 11 is 0. The van der Waals surface area contributed by atoms with Crippen LogP contribution in [0.4, 0.5) is 5.82 Å². The van der Waals surface area contributed by atoms with E-state index < -0.39 is 0 Å². The summed E-state index contributed by atoms with van der Waals surface area (Å²) in [4.78, 5) is 19.4. The smallest absolute Gasteiger partial charge is 0.193 e. The fourth-order valence-electron chi connectivity index (χ4n) is 3.02. The summed E-state index contributed by atoms with van der Waals surface area (Å²) in [5, 5.41) is 10.1. The van der Waals surface area contributed by atoms with Crippen molar-refractivity contribution >= 4 is 11.6 Å². The quantitative estimate of drug-likeness (QED) is 0.716. The van der Waals surface area contributed by atoms with E-state index in [-0.39, 0.29) is 5.78 Å². The highest BCUT2D eigenvalue weighted by Crippen LogP contribution is 2.21. The lowest BCUT2D eigenvalue weighted by Crippen LogP contribution is -2.43. The molecule has 4 rings (SSSR count). The zero-order valence-corrected chi connectivity index (χ0v) is 13.8. The number of benzene rings is 1. The van der Waals surface area contributed by atoms with Crippen LogP contribution in [0, 0.1) is 0 Å². The molecule has 0 aliphatic carbocycles. The van der Waals surface area contributed by atoms with Gasteiger partial charge in [0.25, 0.3) is 0 Å². The zero-order chi connectivity index (χ0) is 17.1. The molecule has 0 atom stereocenters. The van der Waals surface area contributed by atoms with Gasteiger partial charge in [0.15, 0.2) is 5.78 Å². The fraction of sp³-hybridized carbons (Fsp3) is 0.211. The number of nitrogens with zero attached hydrogens (tertiary/aromatic N) is 3. The summed E-state index contributed by atoms with van der Waals surface area (Å²) in [5.74, 6) is 0.875. The molecule has 2 aromatic heterocycles. The molecular weight excluding hydrogens is 314 g/mol. The number of anilines is 1. The maximum absolute atomic E-state index is 12.8. The molecule has 1 saturated heterocycles. The van der Waals surface area contributed by atoms with E-state index in [0.717, 1.165) is 43.1 Å². The highest BCUT2D eigenvalue weighted by molar-refractivity contribution is 6.09. The van der Waals surface area contributed by atoms with Crippen LogP contribution in [-0.2, 0) is 0 Å². The minimum atomic E-state index is 0.0116. The minimum Gasteiger partial charge on any atom is -0.354 e. The van der Waals surface area contributed by atoms with Crippen LogP contribution in [0.3, 0.4) is 0 Å². The molecule has 0 spiro atoms. The first-order valence-corrected chi connectivity index (χ1v) is 8.37. The molecule has 6 heteroatoms. The van der Waals surface area contributed by atoms with Crippen LogP contribution in [0.2, 0.25) is 0 Å². The maximum Gasteiger partial charge on any atom is 0.193 e. The molecule has 3 aromatic rings. The normalized spacial score (nSPS) is 14.5. The average Bonchev–Trinajstić information content (AvgIpc) is 3.23. The van der Waals surface area contributed by atoms with Gasteiger partial charge >= 0.3 is 0 Å². The first-order chi connectivity index (χ1) is 12.3. The largest absolute Gasteiger partial charge is 0.354 e. The van der Waals surface area contributed by atoms with Crippen molar-refractivity contribution in [3.05, 3.63) is 66.1 Å². The minimum absolute atomic E-state index is 0.0116. The molecule has 1 aromatic carbocycles. The van der Waals surface area contributed by atoms with Gasteiger partial charge in [0.1, 0.15) is 5.82 Å². The molecule has 6 nitrogen and oxygen atoms in total. The Morgan fingerprint density at radius 3 is 2.52 bits per heavy atom. The third-order valence-electron chi connectivity index (χ3n) is 4.43. The number of H-pyrrole nitrogens is 1. The molecule has 0 amide bonds. The molecule has 0 saturated carbocycles. The molecule has 0 unspecified atom stereocenters. The Labute approximate surface area is 145 Å². The molecule has 1 aliphatic rings. The topological polar surface area (TPSA) is 73.9 Å². The number of hydrogen-bond donors (Lipinski definition) is 2. The molecule has 25 heavy (non-hydrogen) atoms. The van der Waals surface area contributed by atoms with Gasteiger partial charge in [-0.1, -0.05) is 24.3 Å². The van der Waals surface area contributed by atoms with Gasteiger partial charge in [-0.05, 0) is 17.7 Å². The van der Waals surface area contributed by atoms with Crippen molar-refractivity contribution in [1.82, 2.24) is 20.5 Å². The Kier molecular flexibility index (Phi) is 4.26. The van der Waals surface area contributed by atoms with Crippen LogP contribution in [0.5, 0.6) is 0 Å². The predicted octanol–water partition coefficient (Wildman–Crippen LogP) is 2.11. The summed E-state index contributed by atoms with van der Waals surface area (Å²) < 4.78 is 0. The van der Waals surface area contributed by atoms with Crippen molar-refractivity contribution < 1.29 is 4.79 Å². The van der Waals surface area contributed by atoms with E-state index in [1.807, 2.05) is 36.5 Å². The van der Waals surface area contributed by atoms with Gasteiger partial charge in [0, 0.05) is 55.3 Å². The number of hydrogen-bond acceptors (Lipinski definition) is 5. The van der Waals surface area contributed by atoms with Gasteiger partial charge in [-0.2, -0.15) is 5.10 Å². The highest BCUT2D eigenvalue weighted by atomic mass is 16.1. The summed E-state index contributed by atoms with van der Waals surface area (Å²) in [7, 11) is 0. The lowest BCUT2D eigenvalue weighted by Gasteiger charge is -2.28. The second-order valence-electron chi connectivity index (χ2n) is 6.03. The number of nitrogens with one attached hydrogen (secondary N) is 2. The summed E-state index contributed by atoms with van der Waals surface area (Å²) in [6, 6.07) is 11.3. The molecule has 0 bridgehead atoms. The summed E-state index contributed by atoms with van der Waals surface area (Å²) in [6.07, 6.45) is 5.31. The van der Waals surface area contributed by atoms with E-state index in [1.165, 1.54) is 0 Å². The Hall–Kier alpha value is -2.99. The van der Waals surface area contributed by atoms with Crippen molar-refractivity contribution in [3.63, 3.8) is 0 Å². The van der Waals surface area contributed by atoms with Crippen molar-refractivity contribution in [1.29, 1.82) is 0 Å². The molecule has 126 valence electrons. The number of aromatic nitrogens is 3. The number of ketones is 1. The maximum atomic E-state index is 12.8. The van der Waals surface area contributed by atoms with Gasteiger partial charge in [0.05, 0.1) is 6.20 Å². The van der Waals surface area contributed by atoms with E-state index in [4.69, 9.17) is 0 Å². The van der Waals surface area contributed by atoms with Crippen LogP contribution in [0.1, 0.15) is 15.9 Å². The van der Waals surface area contributed by atoms with Crippen LogP contribution >= 0.6 is 0 Å². The van der Waals surface area contributed by atoms with Crippen LogP contribution in [0.25, 0.3) is 11.1 Å². The van der Waals surface area contributed by atoms with Gasteiger partial charge in [-0.3, -0.25) is 9.89 Å². The van der Waals surface area contributed by atoms with Gasteiger partial charge < -0.3 is 10.2 Å². The molecule has 1 fully saturated rings. The number of rotatable bonds is 4. The molecule has 0 radical (unpaired) electrons. The predicted molar refractivity (Wildman–Crippen MR) is 96.8 cm³/mol. The SMILES string of the molecule is O=C(c1ccc(-c2cn[nH]c2)cc1)c1ccnc(N2CCNCC2)c1. The third kappa shape index (κ3) is 3.29. The zero-order valence-electron chi connectivity index (χ0n) is 13.8. The fourth-order valence-corrected chi connectivity index (χ4v) is 3.02. The van der Waals surface area contributed by atoms with E-state index in [2.05, 4.69) is 25.4 Å². The second kappa shape index (κ2) is 6.86. The lowest BCUT2D eigenvalue weighted by molar-refractivity contribution is 0.103. The average molecular weight is 333 g/mol. The number of aromatic amines is 1. The molecule has 1 aliphatic heterocycles. The molecule has 3 heterocycles. The van der Waals surface area contributed by atoms with Gasteiger partial charge in [-0.15, -0.1) is 0 Å². The van der Waals surface area contributed by atoms with E-state index >= 15 is 0 Å². The number of carbonyl (C=O) groups is 1. The highest BCUT2D eigenvalue weighted by Gasteiger charge is 2.15. The summed E-state index contributed by atoms with van der Waals surface area (Å²) in [6.45, 7) is 3.69. The molecular formula is C19H19N5O. The number of carbonyl (C=O) groups excluding carboxylic acids is 1. The molecule has 2 N–H and O–H groups in total. The Morgan fingerprint density at radius 1 is 1.00 bits per heavy atom. The van der Waals surface area contributed by atoms with Crippen molar-refractivity contribution in [2.24, 2.45) is 0 Å². The van der Waals surface area contributed by atoms with Crippen LogP contribution < -0.4 is 10.2 Å². The number of piperazine rings is 1. The first kappa shape index (κ1) is 15.5. The van der Waals surface area contributed by atoms with Gasteiger partial charge in [-0.25, -0.2) is 4.98 Å². The third-order valence-corrected chi connectivity index (χ3v) is 4.43. The Balaban J connectivity index is 1.56. The van der Waals surface area contributed by atoms with E-state index in [1.54, 1.807) is 18.5 Å². The van der Waals surface area contributed by atoms with Crippen molar-refractivity contribution in [2.45, 2.75) is 0 Å². The standard InChI is InChI=1S/C19H19N5O/c25-19(15-3-1-14(2-4-15)17-12-22-23-13-17)16-5-6-21-18(11-16)24-9-7-20-8-10-24/h1-6,11-13,20H,7-10H2,(H,22,23). The number of pyridine rings is 1. The Bertz CT molecular complexity index is 852. The van der Waals surface area contributed by atoms with E-state index in [0.29, 0.717) is 11.1 Å².